The van der Waals surface area contributed by atoms with Gasteiger partial charge in [-0.1, -0.05) is 12.1 Å². The summed E-state index contributed by atoms with van der Waals surface area (Å²) in [5, 5.41) is 0. The zero-order chi connectivity index (χ0) is 19.7. The molecule has 1 aromatic heterocycles. The van der Waals surface area contributed by atoms with Crippen LogP contribution in [0, 0.1) is 0 Å². The Morgan fingerprint density at radius 3 is 2.43 bits per heavy atom. The van der Waals surface area contributed by atoms with Crippen LogP contribution >= 0.6 is 11.3 Å². The van der Waals surface area contributed by atoms with Gasteiger partial charge in [-0.05, 0) is 50.5 Å². The maximum absolute atomic E-state index is 13.2. The van der Waals surface area contributed by atoms with E-state index < -0.39 is 6.10 Å². The van der Waals surface area contributed by atoms with E-state index in [4.69, 9.17) is 4.74 Å². The number of thiophene rings is 1. The van der Waals surface area contributed by atoms with Crippen LogP contribution in [0.15, 0.2) is 36.4 Å². The summed E-state index contributed by atoms with van der Waals surface area (Å²) in [7, 11) is 0. The van der Waals surface area contributed by atoms with E-state index in [-0.39, 0.29) is 24.1 Å². The minimum Gasteiger partial charge on any atom is -0.476 e. The molecule has 0 aliphatic carbocycles. The van der Waals surface area contributed by atoms with Crippen molar-refractivity contribution in [3.8, 4) is 5.75 Å². The van der Waals surface area contributed by atoms with E-state index in [9.17, 15) is 14.4 Å². The van der Waals surface area contributed by atoms with Gasteiger partial charge in [0.05, 0.1) is 22.0 Å². The average molecular weight is 398 g/mol. The van der Waals surface area contributed by atoms with Crippen LogP contribution in [0.1, 0.15) is 45.5 Å². The largest absolute Gasteiger partial charge is 0.476 e. The molecule has 1 fully saturated rings. The number of carbonyl (C=O) groups is 3. The van der Waals surface area contributed by atoms with Crippen LogP contribution in [0.2, 0.25) is 0 Å². The molecule has 4 rings (SSSR count). The molecule has 146 valence electrons. The standard InChI is InChI=1S/C21H22N2O4S/c1-14(24)18-9-10-19(28-18)21(26)23-13-17(20(25)22-11-5-2-6-12-22)27-16-8-4-3-7-15(16)23/h3-4,7-10,17H,2,5-6,11-13H2,1H3/t17-/m0/s1. The highest BCUT2D eigenvalue weighted by Gasteiger charge is 2.36. The maximum atomic E-state index is 13.2. The van der Waals surface area contributed by atoms with E-state index in [1.165, 1.54) is 18.3 Å². The number of nitrogens with zero attached hydrogens (tertiary/aromatic N) is 2. The lowest BCUT2D eigenvalue weighted by Gasteiger charge is -2.37. The number of anilines is 1. The van der Waals surface area contributed by atoms with Gasteiger partial charge < -0.3 is 9.64 Å². The summed E-state index contributed by atoms with van der Waals surface area (Å²) in [6.45, 7) is 3.12. The number of carbonyl (C=O) groups excluding carboxylic acids is 3. The summed E-state index contributed by atoms with van der Waals surface area (Å²) in [4.78, 5) is 42.2. The summed E-state index contributed by atoms with van der Waals surface area (Å²) in [5.74, 6) is 0.178. The molecule has 1 aromatic carbocycles. The first kappa shape index (κ1) is 18.7. The van der Waals surface area contributed by atoms with Crippen LogP contribution in [0.5, 0.6) is 5.75 Å². The smallest absolute Gasteiger partial charge is 0.268 e. The number of Topliss-reactive ketones (excluding diaryl/α,β-unsaturated/α-hetero) is 1. The zero-order valence-corrected chi connectivity index (χ0v) is 16.5. The Morgan fingerprint density at radius 2 is 1.71 bits per heavy atom. The summed E-state index contributed by atoms with van der Waals surface area (Å²) in [6, 6.07) is 10.6. The fourth-order valence-corrected chi connectivity index (χ4v) is 4.50. The van der Waals surface area contributed by atoms with Crippen molar-refractivity contribution in [1.82, 2.24) is 4.90 Å². The minimum atomic E-state index is -0.718. The number of ether oxygens (including phenoxy) is 1. The quantitative estimate of drug-likeness (QED) is 0.744. The van der Waals surface area contributed by atoms with E-state index in [1.54, 1.807) is 23.1 Å². The van der Waals surface area contributed by atoms with Crippen LogP contribution in [0.3, 0.4) is 0 Å². The van der Waals surface area contributed by atoms with Crippen LogP contribution in [-0.2, 0) is 4.79 Å². The molecule has 0 radical (unpaired) electrons. The van der Waals surface area contributed by atoms with Gasteiger partial charge in [-0.2, -0.15) is 0 Å². The molecule has 1 atom stereocenters. The summed E-state index contributed by atoms with van der Waals surface area (Å²) < 4.78 is 5.97. The molecule has 0 bridgehead atoms. The number of piperidine rings is 1. The zero-order valence-electron chi connectivity index (χ0n) is 15.7. The maximum Gasteiger partial charge on any atom is 0.268 e. The Kier molecular flexibility index (Phi) is 5.17. The second kappa shape index (κ2) is 7.75. The van der Waals surface area contributed by atoms with E-state index in [2.05, 4.69) is 0 Å². The SMILES string of the molecule is CC(=O)c1ccc(C(=O)N2C[C@@H](C(=O)N3CCCCC3)Oc3ccccc32)s1. The number of hydrogen-bond acceptors (Lipinski definition) is 5. The molecule has 2 aromatic rings. The highest BCUT2D eigenvalue weighted by molar-refractivity contribution is 7.16. The van der Waals surface area contributed by atoms with Gasteiger partial charge in [0.2, 0.25) is 0 Å². The number of benzene rings is 1. The third-order valence-electron chi connectivity index (χ3n) is 5.13. The molecule has 7 heteroatoms. The van der Waals surface area contributed by atoms with Crippen molar-refractivity contribution in [2.24, 2.45) is 0 Å². The first-order valence-corrected chi connectivity index (χ1v) is 10.3. The minimum absolute atomic E-state index is 0.0652. The van der Waals surface area contributed by atoms with Crippen LogP contribution in [0.4, 0.5) is 5.69 Å². The van der Waals surface area contributed by atoms with Gasteiger partial charge in [-0.15, -0.1) is 11.3 Å². The number of para-hydroxylation sites is 2. The number of rotatable bonds is 3. The second-order valence-electron chi connectivity index (χ2n) is 7.10. The van der Waals surface area contributed by atoms with E-state index >= 15 is 0 Å². The van der Waals surface area contributed by atoms with Crippen molar-refractivity contribution in [2.75, 3.05) is 24.5 Å². The van der Waals surface area contributed by atoms with Crippen LogP contribution in [0.25, 0.3) is 0 Å². The topological polar surface area (TPSA) is 66.9 Å². The highest BCUT2D eigenvalue weighted by atomic mass is 32.1. The van der Waals surface area contributed by atoms with Gasteiger partial charge in [0, 0.05) is 13.1 Å². The third-order valence-corrected chi connectivity index (χ3v) is 6.30. The Bertz CT molecular complexity index is 917. The van der Waals surface area contributed by atoms with Gasteiger partial charge in [0.1, 0.15) is 5.75 Å². The monoisotopic (exact) mass is 398 g/mol. The molecule has 3 heterocycles. The predicted octanol–water partition coefficient (Wildman–Crippen LogP) is 3.37. The lowest BCUT2D eigenvalue weighted by Crippen LogP contribution is -2.52. The van der Waals surface area contributed by atoms with E-state index in [0.29, 0.717) is 21.2 Å². The molecule has 1 saturated heterocycles. The van der Waals surface area contributed by atoms with E-state index in [1.807, 2.05) is 23.1 Å². The molecule has 0 spiro atoms. The average Bonchev–Trinajstić information content (AvgIpc) is 3.23. The fraction of sp³-hybridized carbons (Fsp3) is 0.381. The van der Waals surface area contributed by atoms with Gasteiger partial charge in [0.25, 0.3) is 11.8 Å². The molecule has 28 heavy (non-hydrogen) atoms. The summed E-state index contributed by atoms with van der Waals surface area (Å²) in [6.07, 6.45) is 2.42. The van der Waals surface area contributed by atoms with Gasteiger partial charge in [0.15, 0.2) is 11.9 Å². The first-order chi connectivity index (χ1) is 13.5. The van der Waals surface area contributed by atoms with Crippen molar-refractivity contribution < 1.29 is 19.1 Å². The van der Waals surface area contributed by atoms with E-state index in [0.717, 1.165) is 32.4 Å². The molecule has 0 saturated carbocycles. The number of hydrogen-bond donors (Lipinski definition) is 0. The van der Waals surface area contributed by atoms with Crippen molar-refractivity contribution in [3.63, 3.8) is 0 Å². The lowest BCUT2D eigenvalue weighted by atomic mass is 10.1. The van der Waals surface area contributed by atoms with Crippen molar-refractivity contribution >= 4 is 34.6 Å². The van der Waals surface area contributed by atoms with Gasteiger partial charge >= 0.3 is 0 Å². The van der Waals surface area contributed by atoms with Crippen LogP contribution < -0.4 is 9.64 Å². The Morgan fingerprint density at radius 1 is 1.00 bits per heavy atom. The number of ketones is 1. The lowest BCUT2D eigenvalue weighted by molar-refractivity contribution is -0.139. The van der Waals surface area contributed by atoms with Crippen LogP contribution in [-0.4, -0.2) is 48.2 Å². The number of amides is 2. The molecular weight excluding hydrogens is 376 g/mol. The summed E-state index contributed by atoms with van der Waals surface area (Å²) in [5.41, 5.74) is 0.646. The predicted molar refractivity (Wildman–Crippen MR) is 107 cm³/mol. The van der Waals surface area contributed by atoms with Crippen molar-refractivity contribution in [3.05, 3.63) is 46.2 Å². The van der Waals surface area contributed by atoms with Gasteiger partial charge in [-0.25, -0.2) is 0 Å². The Hall–Kier alpha value is -2.67. The molecule has 2 aliphatic rings. The highest BCUT2D eigenvalue weighted by Crippen LogP contribution is 2.35. The molecular formula is C21H22N2O4S. The Balaban J connectivity index is 1.62. The molecule has 0 N–H and O–H groups in total. The second-order valence-corrected chi connectivity index (χ2v) is 8.18. The van der Waals surface area contributed by atoms with Gasteiger partial charge in [-0.3, -0.25) is 19.3 Å². The first-order valence-electron chi connectivity index (χ1n) is 9.51. The normalized spacial score (nSPS) is 19.0. The summed E-state index contributed by atoms with van der Waals surface area (Å²) >= 11 is 1.18. The van der Waals surface area contributed by atoms with Crippen molar-refractivity contribution in [1.29, 1.82) is 0 Å². The Labute approximate surface area is 167 Å². The molecule has 0 unspecified atom stereocenters. The molecule has 2 aliphatic heterocycles. The van der Waals surface area contributed by atoms with Crippen molar-refractivity contribution in [2.45, 2.75) is 32.3 Å². The molecule has 2 amide bonds. The number of likely N-dealkylation sites (tertiary alicyclic amines) is 1. The fourth-order valence-electron chi connectivity index (χ4n) is 3.65. The molecule has 6 nitrogen and oxygen atoms in total. The third kappa shape index (κ3) is 3.54. The number of fused-ring (bicyclic) bond motifs is 1.